The van der Waals surface area contributed by atoms with Gasteiger partial charge in [-0.05, 0) is 57.7 Å². The number of nitrogens with one attached hydrogen (secondary N) is 1. The molecule has 0 aromatic heterocycles. The van der Waals surface area contributed by atoms with Crippen LogP contribution in [0.2, 0.25) is 0 Å². The van der Waals surface area contributed by atoms with Crippen LogP contribution in [0.3, 0.4) is 0 Å². The molecule has 2 amide bonds. The molecule has 2 aliphatic rings. The second kappa shape index (κ2) is 7.56. The van der Waals surface area contributed by atoms with Gasteiger partial charge in [-0.2, -0.15) is 0 Å². The van der Waals surface area contributed by atoms with Gasteiger partial charge in [-0.1, -0.05) is 19.1 Å². The molecule has 1 aliphatic heterocycles. The zero-order valence-electron chi connectivity index (χ0n) is 15.5. The summed E-state index contributed by atoms with van der Waals surface area (Å²) < 4.78 is 0. The number of carbonyl (C=O) groups excluding carboxylic acids is 2. The predicted molar refractivity (Wildman–Crippen MR) is 101 cm³/mol. The third kappa shape index (κ3) is 4.03. The predicted octanol–water partition coefficient (Wildman–Crippen LogP) is 3.26. The second-order valence-corrected chi connectivity index (χ2v) is 7.71. The van der Waals surface area contributed by atoms with Crippen molar-refractivity contribution in [1.29, 1.82) is 0 Å². The van der Waals surface area contributed by atoms with Gasteiger partial charge in [-0.3, -0.25) is 14.5 Å². The van der Waals surface area contributed by atoms with E-state index >= 15 is 0 Å². The number of para-hydroxylation sites is 2. The van der Waals surface area contributed by atoms with Crippen LogP contribution in [0.25, 0.3) is 0 Å². The van der Waals surface area contributed by atoms with E-state index in [1.165, 1.54) is 12.8 Å². The van der Waals surface area contributed by atoms with Crippen molar-refractivity contribution in [2.24, 2.45) is 5.92 Å². The molecule has 5 nitrogen and oxygen atoms in total. The van der Waals surface area contributed by atoms with Crippen LogP contribution in [0, 0.1) is 5.92 Å². The van der Waals surface area contributed by atoms with Crippen LogP contribution in [0.1, 0.15) is 46.0 Å². The number of fused-ring (bicyclic) bond motifs is 1. The summed E-state index contributed by atoms with van der Waals surface area (Å²) >= 11 is 0. The Balaban J connectivity index is 1.75. The van der Waals surface area contributed by atoms with Crippen LogP contribution in [0.4, 0.5) is 11.4 Å². The molecule has 25 heavy (non-hydrogen) atoms. The van der Waals surface area contributed by atoms with Gasteiger partial charge in [0.2, 0.25) is 11.8 Å². The summed E-state index contributed by atoms with van der Waals surface area (Å²) in [4.78, 5) is 29.2. The highest BCUT2D eigenvalue weighted by Crippen LogP contribution is 2.32. The number of rotatable bonds is 3. The third-order valence-corrected chi connectivity index (χ3v) is 5.62. The van der Waals surface area contributed by atoms with Crippen molar-refractivity contribution in [3.8, 4) is 0 Å². The fourth-order valence-electron chi connectivity index (χ4n) is 4.07. The maximum absolute atomic E-state index is 13.1. The highest BCUT2D eigenvalue weighted by Gasteiger charge is 2.31. The van der Waals surface area contributed by atoms with E-state index in [-0.39, 0.29) is 17.9 Å². The summed E-state index contributed by atoms with van der Waals surface area (Å²) in [6, 6.07) is 7.91. The molecule has 136 valence electrons. The SMILES string of the molecule is CC1CCC(N(C)CC(=O)N2c3ccccc3NC(=O)C[C@H]2C)CC1. The lowest BCUT2D eigenvalue weighted by Gasteiger charge is -2.35. The Bertz CT molecular complexity index is 638. The number of hydrogen-bond donors (Lipinski definition) is 1. The van der Waals surface area contributed by atoms with Crippen molar-refractivity contribution >= 4 is 23.2 Å². The molecule has 3 rings (SSSR count). The first-order valence-corrected chi connectivity index (χ1v) is 9.37. The molecule has 0 radical (unpaired) electrons. The molecular formula is C20H29N3O2. The van der Waals surface area contributed by atoms with Crippen molar-refractivity contribution in [3.05, 3.63) is 24.3 Å². The van der Waals surface area contributed by atoms with Crippen LogP contribution in [-0.2, 0) is 9.59 Å². The highest BCUT2D eigenvalue weighted by molar-refractivity contribution is 6.04. The minimum atomic E-state index is -0.143. The smallest absolute Gasteiger partial charge is 0.241 e. The number of anilines is 2. The molecular weight excluding hydrogens is 314 g/mol. The number of carbonyl (C=O) groups is 2. The lowest BCUT2D eigenvalue weighted by atomic mass is 9.87. The van der Waals surface area contributed by atoms with Gasteiger partial charge in [-0.25, -0.2) is 0 Å². The van der Waals surface area contributed by atoms with E-state index < -0.39 is 0 Å². The number of likely N-dealkylation sites (N-methyl/N-ethyl adjacent to an activating group) is 1. The standard InChI is InChI=1S/C20H29N3O2/c1-14-8-10-16(11-9-14)22(3)13-20(25)23-15(2)12-19(24)21-17-6-4-5-7-18(17)23/h4-7,14-16H,8-13H2,1-3H3,(H,21,24)/t14?,15-,16?/m1/s1. The first kappa shape index (κ1) is 17.9. The molecule has 1 atom stereocenters. The Morgan fingerprint density at radius 1 is 1.20 bits per heavy atom. The number of nitrogens with zero attached hydrogens (tertiary/aromatic N) is 2. The number of hydrogen-bond acceptors (Lipinski definition) is 3. The van der Waals surface area contributed by atoms with Gasteiger partial charge in [0.1, 0.15) is 0 Å². The zero-order chi connectivity index (χ0) is 18.0. The molecule has 0 spiro atoms. The normalized spacial score (nSPS) is 26.8. The molecule has 1 aromatic rings. The first-order valence-electron chi connectivity index (χ1n) is 9.37. The molecule has 0 saturated heterocycles. The maximum Gasteiger partial charge on any atom is 0.241 e. The minimum Gasteiger partial charge on any atom is -0.324 e. The summed E-state index contributed by atoms with van der Waals surface area (Å²) in [5, 5.41) is 2.91. The van der Waals surface area contributed by atoms with E-state index in [4.69, 9.17) is 0 Å². The van der Waals surface area contributed by atoms with Crippen LogP contribution in [0.5, 0.6) is 0 Å². The quantitative estimate of drug-likeness (QED) is 0.916. The topological polar surface area (TPSA) is 52.7 Å². The van der Waals surface area contributed by atoms with Crippen molar-refractivity contribution in [2.45, 2.75) is 58.0 Å². The van der Waals surface area contributed by atoms with Crippen LogP contribution in [0.15, 0.2) is 24.3 Å². The summed E-state index contributed by atoms with van der Waals surface area (Å²) in [5.41, 5.74) is 1.52. The Hall–Kier alpha value is -1.88. The molecule has 0 bridgehead atoms. The van der Waals surface area contributed by atoms with Crippen LogP contribution < -0.4 is 10.2 Å². The van der Waals surface area contributed by atoms with E-state index in [1.54, 1.807) is 4.90 Å². The Kier molecular flexibility index (Phi) is 5.42. The summed E-state index contributed by atoms with van der Waals surface area (Å²) in [6.07, 6.45) is 5.13. The van der Waals surface area contributed by atoms with Gasteiger partial charge in [0.15, 0.2) is 0 Å². The average Bonchev–Trinajstić information content (AvgIpc) is 2.69. The van der Waals surface area contributed by atoms with E-state index in [1.807, 2.05) is 31.2 Å². The van der Waals surface area contributed by atoms with Crippen LogP contribution >= 0.6 is 0 Å². The fraction of sp³-hybridized carbons (Fsp3) is 0.600. The average molecular weight is 343 g/mol. The molecule has 1 N–H and O–H groups in total. The van der Waals surface area contributed by atoms with Gasteiger partial charge in [0.25, 0.3) is 0 Å². The summed E-state index contributed by atoms with van der Waals surface area (Å²) in [6.45, 7) is 4.65. The van der Waals surface area contributed by atoms with Gasteiger partial charge in [0.05, 0.1) is 17.9 Å². The van der Waals surface area contributed by atoms with Gasteiger partial charge in [-0.15, -0.1) is 0 Å². The molecule has 1 aromatic carbocycles. The second-order valence-electron chi connectivity index (χ2n) is 7.71. The molecule has 1 saturated carbocycles. The Morgan fingerprint density at radius 3 is 2.60 bits per heavy atom. The maximum atomic E-state index is 13.1. The van der Waals surface area contributed by atoms with E-state index in [0.29, 0.717) is 19.0 Å². The highest BCUT2D eigenvalue weighted by atomic mass is 16.2. The lowest BCUT2D eigenvalue weighted by Crippen LogP contribution is -2.47. The molecule has 5 heteroatoms. The van der Waals surface area contributed by atoms with Crippen molar-refractivity contribution in [1.82, 2.24) is 4.90 Å². The van der Waals surface area contributed by atoms with E-state index in [9.17, 15) is 9.59 Å². The minimum absolute atomic E-state index is 0.0372. The largest absolute Gasteiger partial charge is 0.324 e. The van der Waals surface area contributed by atoms with Crippen molar-refractivity contribution in [2.75, 3.05) is 23.8 Å². The van der Waals surface area contributed by atoms with Gasteiger partial charge >= 0.3 is 0 Å². The van der Waals surface area contributed by atoms with Gasteiger partial charge in [0, 0.05) is 18.5 Å². The molecule has 0 unspecified atom stereocenters. The Labute approximate surface area is 150 Å². The first-order chi connectivity index (χ1) is 12.0. The van der Waals surface area contributed by atoms with E-state index in [2.05, 4.69) is 24.2 Å². The lowest BCUT2D eigenvalue weighted by molar-refractivity contribution is -0.120. The summed E-state index contributed by atoms with van der Waals surface area (Å²) in [7, 11) is 2.05. The van der Waals surface area contributed by atoms with Crippen molar-refractivity contribution in [3.63, 3.8) is 0 Å². The molecule has 1 aliphatic carbocycles. The van der Waals surface area contributed by atoms with E-state index in [0.717, 1.165) is 30.1 Å². The number of amides is 2. The molecule has 1 fully saturated rings. The zero-order valence-corrected chi connectivity index (χ0v) is 15.5. The van der Waals surface area contributed by atoms with Crippen molar-refractivity contribution < 1.29 is 9.59 Å². The monoisotopic (exact) mass is 343 g/mol. The Morgan fingerprint density at radius 2 is 1.88 bits per heavy atom. The summed E-state index contributed by atoms with van der Waals surface area (Å²) in [5.74, 6) is 0.831. The third-order valence-electron chi connectivity index (χ3n) is 5.62. The number of benzene rings is 1. The fourth-order valence-corrected chi connectivity index (χ4v) is 4.07. The molecule has 1 heterocycles. The van der Waals surface area contributed by atoms with Crippen LogP contribution in [-0.4, -0.2) is 42.4 Å². The van der Waals surface area contributed by atoms with Gasteiger partial charge < -0.3 is 10.2 Å².